The van der Waals surface area contributed by atoms with Gasteiger partial charge in [0.25, 0.3) is 11.8 Å². The number of amides is 2. The van der Waals surface area contributed by atoms with Crippen molar-refractivity contribution in [1.29, 1.82) is 0 Å². The van der Waals surface area contributed by atoms with Crippen LogP contribution in [0, 0.1) is 6.92 Å². The molecule has 0 saturated carbocycles. The van der Waals surface area contributed by atoms with E-state index < -0.39 is 6.04 Å². The van der Waals surface area contributed by atoms with Crippen LogP contribution in [0.1, 0.15) is 42.3 Å². The first-order valence-corrected chi connectivity index (χ1v) is 8.43. The van der Waals surface area contributed by atoms with E-state index in [-0.39, 0.29) is 17.5 Å². The van der Waals surface area contributed by atoms with Crippen molar-refractivity contribution in [3.63, 3.8) is 0 Å². The number of hydrogen-bond donors (Lipinski definition) is 0. The average molecular weight is 334 g/mol. The van der Waals surface area contributed by atoms with Crippen molar-refractivity contribution < 1.29 is 9.59 Å². The topological polar surface area (TPSA) is 50.3 Å². The SMILES string of the molecule is Cc1nc2c(s1)C(=O)N(C(c1ccccc1)c1ccccc1)C2=O. The summed E-state index contributed by atoms with van der Waals surface area (Å²) in [6.07, 6.45) is 0. The van der Waals surface area contributed by atoms with Crippen molar-refractivity contribution in [3.8, 4) is 0 Å². The van der Waals surface area contributed by atoms with E-state index in [1.165, 1.54) is 16.2 Å². The molecule has 5 heteroatoms. The second kappa shape index (κ2) is 5.69. The van der Waals surface area contributed by atoms with Crippen molar-refractivity contribution >= 4 is 23.2 Å². The highest BCUT2D eigenvalue weighted by molar-refractivity contribution is 7.14. The number of imide groups is 1. The summed E-state index contributed by atoms with van der Waals surface area (Å²) in [5.74, 6) is -0.588. The Hall–Kier alpha value is -2.79. The minimum absolute atomic E-state index is 0.265. The Morgan fingerprint density at radius 1 is 0.875 bits per heavy atom. The fraction of sp³-hybridized carbons (Fsp3) is 0.105. The standard InChI is InChI=1S/C19H14N2O2S/c1-12-20-15-17(24-12)19(23)21(18(15)22)16(13-8-4-2-5-9-13)14-10-6-3-7-11-14/h2-11,16H,1H3. The minimum Gasteiger partial charge on any atom is -0.268 e. The molecule has 0 saturated heterocycles. The van der Waals surface area contributed by atoms with Crippen molar-refractivity contribution in [3.05, 3.63) is 87.4 Å². The van der Waals surface area contributed by atoms with Crippen LogP contribution < -0.4 is 0 Å². The molecule has 1 aliphatic heterocycles. The van der Waals surface area contributed by atoms with E-state index in [2.05, 4.69) is 4.98 Å². The van der Waals surface area contributed by atoms with E-state index in [1.807, 2.05) is 60.7 Å². The Morgan fingerprint density at radius 2 is 1.42 bits per heavy atom. The summed E-state index contributed by atoms with van der Waals surface area (Å²) >= 11 is 1.28. The molecule has 118 valence electrons. The second-order valence-electron chi connectivity index (χ2n) is 5.61. The zero-order valence-electron chi connectivity index (χ0n) is 13.0. The molecule has 1 aromatic heterocycles. The van der Waals surface area contributed by atoms with Crippen LogP contribution in [0.3, 0.4) is 0 Å². The first-order valence-electron chi connectivity index (χ1n) is 7.62. The monoisotopic (exact) mass is 334 g/mol. The molecule has 0 unspecified atom stereocenters. The number of benzene rings is 2. The molecule has 2 heterocycles. The fourth-order valence-corrected chi connectivity index (χ4v) is 3.88. The van der Waals surface area contributed by atoms with Crippen LogP contribution in [0.4, 0.5) is 0 Å². The fourth-order valence-electron chi connectivity index (χ4n) is 3.03. The molecule has 0 radical (unpaired) electrons. The molecule has 0 N–H and O–H groups in total. The molecule has 0 bridgehead atoms. The van der Waals surface area contributed by atoms with Gasteiger partial charge in [-0.15, -0.1) is 11.3 Å². The summed E-state index contributed by atoms with van der Waals surface area (Å²) in [4.78, 5) is 31.8. The maximum Gasteiger partial charge on any atom is 0.281 e. The molecule has 4 nitrogen and oxygen atoms in total. The lowest BCUT2D eigenvalue weighted by atomic mass is 9.97. The van der Waals surface area contributed by atoms with Gasteiger partial charge in [0.15, 0.2) is 5.69 Å². The summed E-state index contributed by atoms with van der Waals surface area (Å²) in [6.45, 7) is 1.81. The van der Waals surface area contributed by atoms with Gasteiger partial charge in [-0.3, -0.25) is 14.5 Å². The van der Waals surface area contributed by atoms with Crippen LogP contribution in [0.15, 0.2) is 60.7 Å². The molecule has 3 aromatic rings. The smallest absolute Gasteiger partial charge is 0.268 e. The molecule has 1 aliphatic rings. The van der Waals surface area contributed by atoms with Crippen LogP contribution in [0.2, 0.25) is 0 Å². The van der Waals surface area contributed by atoms with Crippen LogP contribution in [-0.2, 0) is 0 Å². The summed E-state index contributed by atoms with van der Waals surface area (Å²) in [5.41, 5.74) is 2.08. The van der Waals surface area contributed by atoms with Gasteiger partial charge >= 0.3 is 0 Å². The zero-order valence-corrected chi connectivity index (χ0v) is 13.8. The number of aromatic nitrogens is 1. The van der Waals surface area contributed by atoms with Crippen LogP contribution in [0.5, 0.6) is 0 Å². The number of fused-ring (bicyclic) bond motifs is 1. The molecule has 2 amide bonds. The highest BCUT2D eigenvalue weighted by atomic mass is 32.1. The molecule has 0 spiro atoms. The number of carbonyl (C=O) groups excluding carboxylic acids is 2. The normalized spacial score (nSPS) is 13.7. The highest BCUT2D eigenvalue weighted by Gasteiger charge is 2.43. The molecule has 0 atom stereocenters. The molecule has 4 rings (SSSR count). The third kappa shape index (κ3) is 2.25. The summed E-state index contributed by atoms with van der Waals surface area (Å²) in [6, 6.07) is 18.8. The van der Waals surface area contributed by atoms with Gasteiger partial charge in [-0.2, -0.15) is 0 Å². The molecule has 24 heavy (non-hydrogen) atoms. The maximum absolute atomic E-state index is 12.9. The molecule has 0 fully saturated rings. The van der Waals surface area contributed by atoms with Crippen LogP contribution >= 0.6 is 11.3 Å². The van der Waals surface area contributed by atoms with Crippen molar-refractivity contribution in [2.24, 2.45) is 0 Å². The predicted octanol–water partition coefficient (Wildman–Crippen LogP) is 3.84. The largest absolute Gasteiger partial charge is 0.281 e. The quantitative estimate of drug-likeness (QED) is 0.684. The number of thiazole rings is 1. The lowest BCUT2D eigenvalue weighted by Crippen LogP contribution is -2.35. The van der Waals surface area contributed by atoms with Crippen molar-refractivity contribution in [1.82, 2.24) is 9.88 Å². The van der Waals surface area contributed by atoms with Gasteiger partial charge in [-0.25, -0.2) is 4.98 Å². The van der Waals surface area contributed by atoms with Gasteiger partial charge in [0.05, 0.1) is 11.0 Å². The van der Waals surface area contributed by atoms with Gasteiger partial charge in [0.2, 0.25) is 0 Å². The first-order chi connectivity index (χ1) is 11.7. The summed E-state index contributed by atoms with van der Waals surface area (Å²) in [5, 5.41) is 0.734. The van der Waals surface area contributed by atoms with E-state index >= 15 is 0 Å². The number of nitrogens with zero attached hydrogens (tertiary/aromatic N) is 2. The second-order valence-corrected chi connectivity index (χ2v) is 6.82. The van der Waals surface area contributed by atoms with Crippen molar-refractivity contribution in [2.75, 3.05) is 0 Å². The molecular formula is C19H14N2O2S. The number of rotatable bonds is 3. The third-order valence-corrected chi connectivity index (χ3v) is 5.02. The molecule has 2 aromatic carbocycles. The van der Waals surface area contributed by atoms with Crippen LogP contribution in [-0.4, -0.2) is 21.7 Å². The number of carbonyl (C=O) groups is 2. The van der Waals surface area contributed by atoms with Crippen LogP contribution in [0.25, 0.3) is 0 Å². The summed E-state index contributed by atoms with van der Waals surface area (Å²) in [7, 11) is 0. The van der Waals surface area contributed by atoms with Gasteiger partial charge in [0, 0.05) is 0 Å². The van der Waals surface area contributed by atoms with Gasteiger partial charge < -0.3 is 0 Å². The number of hydrogen-bond acceptors (Lipinski definition) is 4. The Bertz CT molecular complexity index is 846. The zero-order chi connectivity index (χ0) is 16.7. The van der Waals surface area contributed by atoms with Gasteiger partial charge in [-0.05, 0) is 18.1 Å². The minimum atomic E-state index is -0.450. The Morgan fingerprint density at radius 3 is 1.92 bits per heavy atom. The third-order valence-electron chi connectivity index (χ3n) is 4.06. The lowest BCUT2D eigenvalue weighted by Gasteiger charge is -2.27. The Balaban J connectivity index is 1.85. The first kappa shape index (κ1) is 14.8. The van der Waals surface area contributed by atoms with E-state index in [0.717, 1.165) is 16.1 Å². The van der Waals surface area contributed by atoms with Gasteiger partial charge in [-0.1, -0.05) is 60.7 Å². The van der Waals surface area contributed by atoms with Gasteiger partial charge in [0.1, 0.15) is 4.88 Å². The highest BCUT2D eigenvalue weighted by Crippen LogP contribution is 2.37. The maximum atomic E-state index is 12.9. The number of aryl methyl sites for hydroxylation is 1. The van der Waals surface area contributed by atoms with E-state index in [0.29, 0.717) is 4.88 Å². The molecule has 0 aliphatic carbocycles. The van der Waals surface area contributed by atoms with E-state index in [9.17, 15) is 9.59 Å². The predicted molar refractivity (Wildman–Crippen MR) is 92.1 cm³/mol. The van der Waals surface area contributed by atoms with Crippen molar-refractivity contribution in [2.45, 2.75) is 13.0 Å². The van der Waals surface area contributed by atoms with E-state index in [4.69, 9.17) is 0 Å². The Kier molecular flexibility index (Phi) is 3.50. The average Bonchev–Trinajstić information content (AvgIpc) is 3.10. The van der Waals surface area contributed by atoms with E-state index in [1.54, 1.807) is 6.92 Å². The lowest BCUT2D eigenvalue weighted by molar-refractivity contribution is 0.0607. The molecular weight excluding hydrogens is 320 g/mol. The Labute approximate surface area is 143 Å². The summed E-state index contributed by atoms with van der Waals surface area (Å²) < 4.78 is 0.